The molecule has 28 heavy (non-hydrogen) atoms. The van der Waals surface area contributed by atoms with Crippen molar-refractivity contribution in [3.8, 4) is 6.01 Å². The summed E-state index contributed by atoms with van der Waals surface area (Å²) < 4.78 is 10.6. The zero-order chi connectivity index (χ0) is 19.2. The first-order chi connectivity index (χ1) is 13.8. The summed E-state index contributed by atoms with van der Waals surface area (Å²) in [6.45, 7) is 5.41. The van der Waals surface area contributed by atoms with Crippen LogP contribution in [0.3, 0.4) is 0 Å². The average molecular weight is 384 g/mol. The minimum atomic E-state index is 0.262. The average Bonchev–Trinajstić information content (AvgIpc) is 3.20. The highest BCUT2D eigenvalue weighted by atomic mass is 16.5. The van der Waals surface area contributed by atoms with Gasteiger partial charge in [0.2, 0.25) is 11.9 Å². The van der Waals surface area contributed by atoms with Gasteiger partial charge in [0.05, 0.1) is 32.0 Å². The summed E-state index contributed by atoms with van der Waals surface area (Å²) in [5.74, 6) is 0.908. The fourth-order valence-electron chi connectivity index (χ4n) is 3.06. The van der Waals surface area contributed by atoms with Crippen LogP contribution in [-0.4, -0.2) is 76.6 Å². The van der Waals surface area contributed by atoms with E-state index in [1.54, 1.807) is 13.3 Å². The number of nitrogens with zero attached hydrogens (tertiary/aromatic N) is 5. The molecule has 0 saturated carbocycles. The van der Waals surface area contributed by atoms with Crippen molar-refractivity contribution >= 4 is 28.5 Å². The first-order valence-electron chi connectivity index (χ1n) is 9.34. The molecule has 1 aliphatic rings. The first kappa shape index (κ1) is 18.4. The van der Waals surface area contributed by atoms with Gasteiger partial charge >= 0.3 is 6.01 Å². The van der Waals surface area contributed by atoms with Crippen LogP contribution in [0.4, 0.5) is 17.6 Å². The summed E-state index contributed by atoms with van der Waals surface area (Å²) in [6.07, 6.45) is 2.77. The van der Waals surface area contributed by atoms with Crippen molar-refractivity contribution < 1.29 is 9.47 Å². The third-order valence-corrected chi connectivity index (χ3v) is 4.53. The van der Waals surface area contributed by atoms with Gasteiger partial charge in [0.25, 0.3) is 0 Å². The molecule has 0 radical (unpaired) electrons. The number of hydrogen-bond donors (Lipinski definition) is 3. The molecular weight excluding hydrogens is 360 g/mol. The highest BCUT2D eigenvalue weighted by Crippen LogP contribution is 2.20. The zero-order valence-electron chi connectivity index (χ0n) is 15.8. The Hall–Kier alpha value is -2.98. The Morgan fingerprint density at radius 3 is 2.89 bits per heavy atom. The Kier molecular flexibility index (Phi) is 5.78. The van der Waals surface area contributed by atoms with Crippen LogP contribution in [0.5, 0.6) is 6.01 Å². The van der Waals surface area contributed by atoms with Crippen molar-refractivity contribution in [1.29, 1.82) is 0 Å². The van der Waals surface area contributed by atoms with E-state index in [2.05, 4.69) is 40.7 Å². The molecule has 1 saturated heterocycles. The molecule has 0 unspecified atom stereocenters. The highest BCUT2D eigenvalue weighted by molar-refractivity contribution is 5.82. The van der Waals surface area contributed by atoms with Gasteiger partial charge in [-0.05, 0) is 31.2 Å². The molecule has 3 N–H and O–H groups in total. The number of aromatic amines is 1. The smallest absolute Gasteiger partial charge is 0.322 e. The van der Waals surface area contributed by atoms with Gasteiger partial charge in [0, 0.05) is 30.7 Å². The molecule has 0 amide bonds. The summed E-state index contributed by atoms with van der Waals surface area (Å²) in [6, 6.07) is 6.13. The minimum absolute atomic E-state index is 0.262. The number of ether oxygens (including phenoxy) is 2. The topological polar surface area (TPSA) is 113 Å². The molecule has 0 bridgehead atoms. The Balaban J connectivity index is 1.37. The van der Waals surface area contributed by atoms with Crippen LogP contribution in [0.2, 0.25) is 0 Å². The van der Waals surface area contributed by atoms with Crippen LogP contribution in [-0.2, 0) is 4.74 Å². The van der Waals surface area contributed by atoms with Gasteiger partial charge in [-0.1, -0.05) is 0 Å². The van der Waals surface area contributed by atoms with Crippen molar-refractivity contribution in [1.82, 2.24) is 30.0 Å². The fraction of sp³-hybridized carbons (Fsp3) is 0.444. The van der Waals surface area contributed by atoms with Gasteiger partial charge in [-0.3, -0.25) is 10.00 Å². The predicted molar refractivity (Wildman–Crippen MR) is 106 cm³/mol. The van der Waals surface area contributed by atoms with Crippen molar-refractivity contribution in [2.45, 2.75) is 6.42 Å². The number of anilines is 3. The van der Waals surface area contributed by atoms with E-state index < -0.39 is 0 Å². The van der Waals surface area contributed by atoms with E-state index >= 15 is 0 Å². The molecule has 1 aliphatic heterocycles. The molecule has 0 aliphatic carbocycles. The number of nitrogens with one attached hydrogen (secondary N) is 3. The molecule has 3 aromatic rings. The molecule has 1 fully saturated rings. The maximum absolute atomic E-state index is 5.37. The Bertz CT molecular complexity index is 909. The van der Waals surface area contributed by atoms with Gasteiger partial charge in [-0.2, -0.15) is 20.1 Å². The van der Waals surface area contributed by atoms with E-state index in [4.69, 9.17) is 9.47 Å². The molecule has 10 nitrogen and oxygen atoms in total. The Morgan fingerprint density at radius 2 is 2.04 bits per heavy atom. The third-order valence-electron chi connectivity index (χ3n) is 4.53. The normalized spacial score (nSPS) is 14.9. The molecular formula is C18H24N8O2. The second-order valence-electron chi connectivity index (χ2n) is 6.50. The largest absolute Gasteiger partial charge is 0.467 e. The lowest BCUT2D eigenvalue weighted by molar-refractivity contribution is 0.0378. The number of methoxy groups -OCH3 is 1. The predicted octanol–water partition coefficient (Wildman–Crippen LogP) is 1.63. The van der Waals surface area contributed by atoms with Gasteiger partial charge in [0.15, 0.2) is 0 Å². The lowest BCUT2D eigenvalue weighted by Crippen LogP contribution is -2.37. The van der Waals surface area contributed by atoms with Gasteiger partial charge in [-0.25, -0.2) is 0 Å². The Labute approximate surface area is 162 Å². The summed E-state index contributed by atoms with van der Waals surface area (Å²) >= 11 is 0. The summed E-state index contributed by atoms with van der Waals surface area (Å²) in [4.78, 5) is 15.4. The molecule has 4 rings (SSSR count). The molecule has 1 aromatic carbocycles. The first-order valence-corrected chi connectivity index (χ1v) is 9.34. The van der Waals surface area contributed by atoms with Crippen molar-refractivity contribution in [3.63, 3.8) is 0 Å². The number of fused-ring (bicyclic) bond motifs is 1. The minimum Gasteiger partial charge on any atom is -0.467 e. The molecule has 3 heterocycles. The molecule has 10 heteroatoms. The van der Waals surface area contributed by atoms with E-state index in [0.717, 1.165) is 62.4 Å². The highest BCUT2D eigenvalue weighted by Gasteiger charge is 2.10. The number of aromatic nitrogens is 5. The fourth-order valence-corrected chi connectivity index (χ4v) is 3.06. The zero-order valence-corrected chi connectivity index (χ0v) is 15.8. The molecule has 0 atom stereocenters. The van der Waals surface area contributed by atoms with E-state index in [-0.39, 0.29) is 6.01 Å². The van der Waals surface area contributed by atoms with E-state index in [1.165, 1.54) is 0 Å². The van der Waals surface area contributed by atoms with Gasteiger partial charge < -0.3 is 20.1 Å². The summed E-state index contributed by atoms with van der Waals surface area (Å²) in [5, 5.41) is 14.4. The quantitative estimate of drug-likeness (QED) is 0.499. The van der Waals surface area contributed by atoms with Crippen LogP contribution in [0.25, 0.3) is 10.9 Å². The van der Waals surface area contributed by atoms with Crippen molar-refractivity contribution in [3.05, 3.63) is 24.4 Å². The van der Waals surface area contributed by atoms with Crippen LogP contribution in [0.15, 0.2) is 24.4 Å². The van der Waals surface area contributed by atoms with E-state index in [9.17, 15) is 0 Å². The van der Waals surface area contributed by atoms with Crippen LogP contribution in [0.1, 0.15) is 6.42 Å². The second kappa shape index (κ2) is 8.81. The lowest BCUT2D eigenvalue weighted by Gasteiger charge is -2.26. The second-order valence-corrected chi connectivity index (χ2v) is 6.50. The standard InChI is InChI=1S/C18H24N8O2/c1-27-18-23-16(19-5-2-6-26-7-9-28-10-8-26)22-17(24-18)21-14-3-4-15-13(11-14)12-20-25-15/h3-4,11-12H,2,5-10H2,1H3,(H,20,25)(H2,19,21,22,23,24). The molecule has 2 aromatic heterocycles. The van der Waals surface area contributed by atoms with Crippen LogP contribution < -0.4 is 15.4 Å². The van der Waals surface area contributed by atoms with Crippen LogP contribution in [0, 0.1) is 0 Å². The van der Waals surface area contributed by atoms with Crippen LogP contribution >= 0.6 is 0 Å². The number of H-pyrrole nitrogens is 1. The SMILES string of the molecule is COc1nc(NCCCN2CCOCC2)nc(Nc2ccc3[nH]ncc3c2)n1. The Morgan fingerprint density at radius 1 is 1.18 bits per heavy atom. The monoisotopic (exact) mass is 384 g/mol. The maximum Gasteiger partial charge on any atom is 0.322 e. The van der Waals surface area contributed by atoms with Crippen molar-refractivity contribution in [2.75, 3.05) is 57.1 Å². The van der Waals surface area contributed by atoms with E-state index in [0.29, 0.717) is 11.9 Å². The lowest BCUT2D eigenvalue weighted by atomic mass is 10.2. The summed E-state index contributed by atoms with van der Waals surface area (Å²) in [7, 11) is 1.54. The van der Waals surface area contributed by atoms with Gasteiger partial charge in [-0.15, -0.1) is 0 Å². The number of rotatable bonds is 8. The third kappa shape index (κ3) is 4.65. The van der Waals surface area contributed by atoms with Crippen molar-refractivity contribution in [2.24, 2.45) is 0 Å². The maximum atomic E-state index is 5.37. The number of morpholine rings is 1. The number of hydrogen-bond acceptors (Lipinski definition) is 9. The number of benzene rings is 1. The molecule has 0 spiro atoms. The van der Waals surface area contributed by atoms with Gasteiger partial charge in [0.1, 0.15) is 0 Å². The molecule has 148 valence electrons. The van der Waals surface area contributed by atoms with E-state index in [1.807, 2.05) is 18.2 Å². The summed E-state index contributed by atoms with van der Waals surface area (Å²) in [5.41, 5.74) is 1.84.